The molecule has 0 aromatic rings. The predicted molar refractivity (Wildman–Crippen MR) is 68.5 cm³/mol. The molecule has 0 aromatic heterocycles. The normalized spacial score (nSPS) is 32.1. The lowest BCUT2D eigenvalue weighted by atomic mass is 9.94. The summed E-state index contributed by atoms with van der Waals surface area (Å²) in [7, 11) is 2.22. The second-order valence-electron chi connectivity index (χ2n) is 5.70. The van der Waals surface area contributed by atoms with E-state index in [2.05, 4.69) is 23.8 Å². The average Bonchev–Trinajstić information content (AvgIpc) is 2.75. The first kappa shape index (κ1) is 12.3. The quantitative estimate of drug-likeness (QED) is 0.782. The molecule has 16 heavy (non-hydrogen) atoms. The van der Waals surface area contributed by atoms with E-state index in [1.807, 2.05) is 0 Å². The van der Waals surface area contributed by atoms with Crippen LogP contribution in [-0.2, 0) is 0 Å². The molecule has 2 fully saturated rings. The third-order valence-corrected chi connectivity index (χ3v) is 4.49. The molecular formula is C13H27N3. The SMILES string of the molecule is CC1CN(C)CCN1C(CN)C1CCCC1. The van der Waals surface area contributed by atoms with Crippen LogP contribution in [0.2, 0.25) is 0 Å². The van der Waals surface area contributed by atoms with Gasteiger partial charge in [-0.2, -0.15) is 0 Å². The third-order valence-electron chi connectivity index (χ3n) is 4.49. The molecule has 2 aliphatic rings. The van der Waals surface area contributed by atoms with E-state index in [-0.39, 0.29) is 0 Å². The maximum atomic E-state index is 6.03. The molecule has 2 rings (SSSR count). The van der Waals surface area contributed by atoms with Crippen molar-refractivity contribution in [2.75, 3.05) is 33.2 Å². The van der Waals surface area contributed by atoms with Crippen LogP contribution < -0.4 is 5.73 Å². The first-order valence-corrected chi connectivity index (χ1v) is 6.86. The lowest BCUT2D eigenvalue weighted by Gasteiger charge is -2.44. The summed E-state index contributed by atoms with van der Waals surface area (Å²) in [5.41, 5.74) is 6.03. The maximum Gasteiger partial charge on any atom is 0.0250 e. The van der Waals surface area contributed by atoms with E-state index in [0.717, 1.165) is 12.5 Å². The lowest BCUT2D eigenvalue weighted by molar-refractivity contribution is 0.0405. The average molecular weight is 225 g/mol. The number of hydrogen-bond acceptors (Lipinski definition) is 3. The molecule has 3 heteroatoms. The Morgan fingerprint density at radius 2 is 1.94 bits per heavy atom. The predicted octanol–water partition coefficient (Wildman–Crippen LogP) is 1.14. The van der Waals surface area contributed by atoms with E-state index < -0.39 is 0 Å². The zero-order chi connectivity index (χ0) is 11.5. The first-order chi connectivity index (χ1) is 7.72. The van der Waals surface area contributed by atoms with Crippen LogP contribution in [-0.4, -0.2) is 55.1 Å². The van der Waals surface area contributed by atoms with Crippen LogP contribution >= 0.6 is 0 Å². The molecule has 1 heterocycles. The number of rotatable bonds is 3. The molecule has 0 aromatic carbocycles. The molecule has 0 radical (unpaired) electrons. The summed E-state index contributed by atoms with van der Waals surface area (Å²) in [5.74, 6) is 0.871. The summed E-state index contributed by atoms with van der Waals surface area (Å²) >= 11 is 0. The highest BCUT2D eigenvalue weighted by molar-refractivity contribution is 4.89. The van der Waals surface area contributed by atoms with E-state index in [9.17, 15) is 0 Å². The molecule has 2 atom stereocenters. The van der Waals surface area contributed by atoms with Crippen LogP contribution in [0.5, 0.6) is 0 Å². The van der Waals surface area contributed by atoms with Crippen molar-refractivity contribution in [2.24, 2.45) is 11.7 Å². The second kappa shape index (κ2) is 5.48. The van der Waals surface area contributed by atoms with Crippen molar-refractivity contribution in [1.29, 1.82) is 0 Å². The number of hydrogen-bond donors (Lipinski definition) is 1. The first-order valence-electron chi connectivity index (χ1n) is 6.86. The highest BCUT2D eigenvalue weighted by Crippen LogP contribution is 2.31. The van der Waals surface area contributed by atoms with Crippen molar-refractivity contribution in [3.63, 3.8) is 0 Å². The zero-order valence-corrected chi connectivity index (χ0v) is 10.9. The van der Waals surface area contributed by atoms with Crippen molar-refractivity contribution >= 4 is 0 Å². The Hall–Kier alpha value is -0.120. The summed E-state index contributed by atoms with van der Waals surface area (Å²) in [5, 5.41) is 0. The lowest BCUT2D eigenvalue weighted by Crippen LogP contribution is -2.57. The fourth-order valence-corrected chi connectivity index (χ4v) is 3.59. The Balaban J connectivity index is 1.97. The highest BCUT2D eigenvalue weighted by Gasteiger charge is 2.33. The van der Waals surface area contributed by atoms with Gasteiger partial charge in [-0.3, -0.25) is 4.90 Å². The van der Waals surface area contributed by atoms with Gasteiger partial charge in [-0.25, -0.2) is 0 Å². The van der Waals surface area contributed by atoms with Gasteiger partial charge in [-0.1, -0.05) is 12.8 Å². The Kier molecular flexibility index (Phi) is 4.22. The van der Waals surface area contributed by atoms with Crippen molar-refractivity contribution in [3.8, 4) is 0 Å². The largest absolute Gasteiger partial charge is 0.329 e. The van der Waals surface area contributed by atoms with Gasteiger partial charge < -0.3 is 10.6 Å². The number of likely N-dealkylation sites (N-methyl/N-ethyl adjacent to an activating group) is 1. The van der Waals surface area contributed by atoms with Crippen molar-refractivity contribution in [3.05, 3.63) is 0 Å². The van der Waals surface area contributed by atoms with Crippen LogP contribution in [0.4, 0.5) is 0 Å². The van der Waals surface area contributed by atoms with Gasteiger partial charge in [0.1, 0.15) is 0 Å². The minimum absolute atomic E-state index is 0.645. The molecule has 0 amide bonds. The van der Waals surface area contributed by atoms with Gasteiger partial charge in [0.2, 0.25) is 0 Å². The second-order valence-corrected chi connectivity index (χ2v) is 5.70. The standard InChI is InChI=1S/C13H27N3/c1-11-10-15(2)7-8-16(11)13(9-14)12-5-3-4-6-12/h11-13H,3-10,14H2,1-2H3. The van der Waals surface area contributed by atoms with Gasteiger partial charge in [0.25, 0.3) is 0 Å². The van der Waals surface area contributed by atoms with Crippen molar-refractivity contribution in [1.82, 2.24) is 9.80 Å². The molecule has 1 aliphatic heterocycles. The molecule has 3 nitrogen and oxygen atoms in total. The molecule has 1 aliphatic carbocycles. The van der Waals surface area contributed by atoms with E-state index in [4.69, 9.17) is 5.73 Å². The Labute approximate surface area is 100.0 Å². The molecular weight excluding hydrogens is 198 g/mol. The van der Waals surface area contributed by atoms with Crippen LogP contribution in [0.3, 0.4) is 0 Å². The number of nitrogens with zero attached hydrogens (tertiary/aromatic N) is 2. The molecule has 2 unspecified atom stereocenters. The summed E-state index contributed by atoms with van der Waals surface area (Å²) in [6.45, 7) is 6.80. The molecule has 1 saturated heterocycles. The molecule has 0 spiro atoms. The van der Waals surface area contributed by atoms with Gasteiger partial charge in [0.05, 0.1) is 0 Å². The minimum Gasteiger partial charge on any atom is -0.329 e. The van der Waals surface area contributed by atoms with Gasteiger partial charge in [0.15, 0.2) is 0 Å². The topological polar surface area (TPSA) is 32.5 Å². The van der Waals surface area contributed by atoms with Crippen LogP contribution in [0.1, 0.15) is 32.6 Å². The molecule has 1 saturated carbocycles. The summed E-state index contributed by atoms with van der Waals surface area (Å²) in [6, 6.07) is 1.32. The van der Waals surface area contributed by atoms with Gasteiger partial charge in [-0.15, -0.1) is 0 Å². The fraction of sp³-hybridized carbons (Fsp3) is 1.00. The summed E-state index contributed by atoms with van der Waals surface area (Å²) in [6.07, 6.45) is 5.65. The zero-order valence-electron chi connectivity index (χ0n) is 10.9. The highest BCUT2D eigenvalue weighted by atomic mass is 15.3. The summed E-state index contributed by atoms with van der Waals surface area (Å²) in [4.78, 5) is 5.11. The molecule has 94 valence electrons. The number of nitrogens with two attached hydrogens (primary N) is 1. The Bertz CT molecular complexity index is 213. The van der Waals surface area contributed by atoms with Gasteiger partial charge in [-0.05, 0) is 32.7 Å². The van der Waals surface area contributed by atoms with Gasteiger partial charge in [0, 0.05) is 38.3 Å². The Morgan fingerprint density at radius 3 is 2.50 bits per heavy atom. The monoisotopic (exact) mass is 225 g/mol. The van der Waals surface area contributed by atoms with Crippen LogP contribution in [0, 0.1) is 5.92 Å². The van der Waals surface area contributed by atoms with Crippen LogP contribution in [0.25, 0.3) is 0 Å². The van der Waals surface area contributed by atoms with Crippen molar-refractivity contribution < 1.29 is 0 Å². The van der Waals surface area contributed by atoms with Gasteiger partial charge >= 0.3 is 0 Å². The summed E-state index contributed by atoms with van der Waals surface area (Å²) < 4.78 is 0. The minimum atomic E-state index is 0.645. The van der Waals surface area contributed by atoms with Crippen LogP contribution in [0.15, 0.2) is 0 Å². The number of piperazine rings is 1. The van der Waals surface area contributed by atoms with E-state index in [1.165, 1.54) is 45.3 Å². The maximum absolute atomic E-state index is 6.03. The molecule has 0 bridgehead atoms. The Morgan fingerprint density at radius 1 is 1.25 bits per heavy atom. The van der Waals surface area contributed by atoms with E-state index in [0.29, 0.717) is 12.1 Å². The molecule has 2 N–H and O–H groups in total. The third kappa shape index (κ3) is 2.58. The van der Waals surface area contributed by atoms with E-state index in [1.54, 1.807) is 0 Å². The smallest absolute Gasteiger partial charge is 0.0250 e. The fourth-order valence-electron chi connectivity index (χ4n) is 3.59. The van der Waals surface area contributed by atoms with Crippen molar-refractivity contribution in [2.45, 2.75) is 44.7 Å². The van der Waals surface area contributed by atoms with E-state index >= 15 is 0 Å².